The molecule has 0 aliphatic rings. The first-order chi connectivity index (χ1) is 16.6. The average Bonchev–Trinajstić information content (AvgIpc) is 3.18. The number of hydrogen-bond donors (Lipinski definition) is 1. The molecule has 1 N–H and O–H groups in total. The number of nitrogens with zero attached hydrogens (tertiary/aromatic N) is 2. The van der Waals surface area contributed by atoms with Crippen LogP contribution in [-0.2, 0) is 23.9 Å². The smallest absolute Gasteiger partial charge is 0.416 e. The third-order valence-electron chi connectivity index (χ3n) is 5.74. The van der Waals surface area contributed by atoms with Crippen LogP contribution in [0.5, 0.6) is 5.75 Å². The van der Waals surface area contributed by atoms with Crippen LogP contribution in [0.25, 0.3) is 22.2 Å². The number of hydrogen-bond acceptors (Lipinski definition) is 4. The van der Waals surface area contributed by atoms with E-state index in [0.717, 1.165) is 31.4 Å². The van der Waals surface area contributed by atoms with Crippen LogP contribution < -0.4 is 0 Å². The molecule has 0 saturated heterocycles. The molecule has 0 aliphatic heterocycles. The van der Waals surface area contributed by atoms with Gasteiger partial charge in [-0.1, -0.05) is 25.1 Å². The average molecular weight is 490 g/mol. The zero-order chi connectivity index (χ0) is 25.5. The van der Waals surface area contributed by atoms with Gasteiger partial charge in [0, 0.05) is 5.56 Å². The Bertz CT molecular complexity index is 1440. The van der Waals surface area contributed by atoms with Gasteiger partial charge in [0.25, 0.3) is 0 Å². The molecule has 0 spiro atoms. The number of aromatic nitrogens is 2. The number of alkyl halides is 3. The maximum atomic E-state index is 15.0. The summed E-state index contributed by atoms with van der Waals surface area (Å²) in [7, 11) is 1.06. The molecule has 0 atom stereocenters. The van der Waals surface area contributed by atoms with Crippen molar-refractivity contribution in [3.63, 3.8) is 0 Å². The number of benzene rings is 3. The van der Waals surface area contributed by atoms with Gasteiger partial charge in [-0.2, -0.15) is 18.3 Å². The Balaban J connectivity index is 1.94. The number of phenolic OH excluding ortho intramolecular Hbond substituents is 1. The molecule has 4 rings (SSSR count). The molecular weight excluding hydrogens is 471 g/mol. The van der Waals surface area contributed by atoms with Gasteiger partial charge in [0.15, 0.2) is 0 Å². The van der Waals surface area contributed by atoms with Gasteiger partial charge in [-0.3, -0.25) is 4.68 Å². The summed E-state index contributed by atoms with van der Waals surface area (Å²) < 4.78 is 76.8. The summed E-state index contributed by atoms with van der Waals surface area (Å²) in [4.78, 5) is 11.8. The monoisotopic (exact) mass is 490 g/mol. The number of methoxy groups -OCH3 is 1. The Hall–Kier alpha value is -3.95. The van der Waals surface area contributed by atoms with Crippen molar-refractivity contribution in [2.24, 2.45) is 0 Å². The van der Waals surface area contributed by atoms with Crippen molar-refractivity contribution >= 4 is 16.9 Å². The third kappa shape index (κ3) is 4.31. The summed E-state index contributed by atoms with van der Waals surface area (Å²) >= 11 is 0. The van der Waals surface area contributed by atoms with E-state index in [1.54, 1.807) is 13.0 Å². The second kappa shape index (κ2) is 9.01. The van der Waals surface area contributed by atoms with Gasteiger partial charge >= 0.3 is 12.1 Å². The lowest BCUT2D eigenvalue weighted by Crippen LogP contribution is -2.14. The predicted octanol–water partition coefficient (Wildman–Crippen LogP) is 6.10. The van der Waals surface area contributed by atoms with Crippen molar-refractivity contribution in [1.29, 1.82) is 0 Å². The lowest BCUT2D eigenvalue weighted by molar-refractivity contribution is -0.138. The van der Waals surface area contributed by atoms with E-state index in [-0.39, 0.29) is 34.3 Å². The van der Waals surface area contributed by atoms with Gasteiger partial charge in [-0.15, -0.1) is 0 Å². The van der Waals surface area contributed by atoms with Gasteiger partial charge in [0.05, 0.1) is 30.1 Å². The lowest BCUT2D eigenvalue weighted by Gasteiger charge is -2.17. The Labute approximate surface area is 196 Å². The minimum Gasteiger partial charge on any atom is -0.507 e. The zero-order valence-corrected chi connectivity index (χ0v) is 18.6. The molecule has 0 aliphatic carbocycles. The van der Waals surface area contributed by atoms with Crippen LogP contribution in [0.4, 0.5) is 22.0 Å². The van der Waals surface area contributed by atoms with Crippen LogP contribution in [0.3, 0.4) is 0 Å². The summed E-state index contributed by atoms with van der Waals surface area (Å²) in [6.07, 6.45) is -4.31. The number of aromatic hydroxyl groups is 1. The standard InChI is InChI=1S/C25H19F5N2O3/c1-3-13-6-4-7-17(25(28,29)30)16(13)12-32-20-9-5-8-18(26)22(20)23(31-32)14-11-21(33)15(10-19(14)27)24(34)35-2/h4-11,33H,3,12H2,1-2H3. The Morgan fingerprint density at radius 3 is 2.46 bits per heavy atom. The highest BCUT2D eigenvalue weighted by atomic mass is 19.4. The number of halogens is 5. The van der Waals surface area contributed by atoms with E-state index in [2.05, 4.69) is 9.84 Å². The van der Waals surface area contributed by atoms with E-state index in [1.165, 1.54) is 22.9 Å². The maximum Gasteiger partial charge on any atom is 0.416 e. The fourth-order valence-electron chi connectivity index (χ4n) is 4.08. The van der Waals surface area contributed by atoms with Crippen molar-refractivity contribution < 1.29 is 36.6 Å². The van der Waals surface area contributed by atoms with Crippen molar-refractivity contribution in [2.75, 3.05) is 7.11 Å². The number of fused-ring (bicyclic) bond motifs is 1. The number of aryl methyl sites for hydroxylation is 1. The summed E-state index contributed by atoms with van der Waals surface area (Å²) in [6.45, 7) is 1.36. The van der Waals surface area contributed by atoms with E-state index >= 15 is 4.39 Å². The number of carbonyl (C=O) groups excluding carboxylic acids is 1. The normalized spacial score (nSPS) is 11.7. The molecule has 0 unspecified atom stereocenters. The lowest BCUT2D eigenvalue weighted by atomic mass is 9.98. The van der Waals surface area contributed by atoms with Crippen molar-refractivity contribution in [2.45, 2.75) is 26.1 Å². The van der Waals surface area contributed by atoms with E-state index in [1.807, 2.05) is 0 Å². The van der Waals surface area contributed by atoms with Crippen LogP contribution in [0.15, 0.2) is 48.5 Å². The molecule has 0 fully saturated rings. The molecule has 5 nitrogen and oxygen atoms in total. The van der Waals surface area contributed by atoms with Gasteiger partial charge < -0.3 is 9.84 Å². The SMILES string of the molecule is CCc1cccc(C(F)(F)F)c1Cn1nc(-c2cc(O)c(C(=O)OC)cc2F)c2c(F)cccc21. The first-order valence-corrected chi connectivity index (χ1v) is 10.5. The Morgan fingerprint density at radius 2 is 1.80 bits per heavy atom. The number of ether oxygens (including phenoxy) is 1. The summed E-state index contributed by atoms with van der Waals surface area (Å²) in [6, 6.07) is 9.42. The van der Waals surface area contributed by atoms with Crippen LogP contribution in [0.2, 0.25) is 0 Å². The largest absolute Gasteiger partial charge is 0.507 e. The Kier molecular flexibility index (Phi) is 6.23. The first kappa shape index (κ1) is 24.2. The van der Waals surface area contributed by atoms with Gasteiger partial charge in [0.1, 0.15) is 28.6 Å². The predicted molar refractivity (Wildman–Crippen MR) is 118 cm³/mol. The molecular formula is C25H19F5N2O3. The highest BCUT2D eigenvalue weighted by molar-refractivity contribution is 5.97. The summed E-state index contributed by atoms with van der Waals surface area (Å²) in [5.41, 5.74) is -1.31. The van der Waals surface area contributed by atoms with Crippen LogP contribution in [0, 0.1) is 11.6 Å². The molecule has 4 aromatic rings. The first-order valence-electron chi connectivity index (χ1n) is 10.5. The maximum absolute atomic E-state index is 15.0. The molecule has 10 heteroatoms. The van der Waals surface area contributed by atoms with E-state index in [9.17, 15) is 27.5 Å². The Morgan fingerprint density at radius 1 is 1.09 bits per heavy atom. The number of carbonyl (C=O) groups is 1. The number of rotatable bonds is 5. The highest BCUT2D eigenvalue weighted by Crippen LogP contribution is 2.37. The minimum atomic E-state index is -4.63. The van der Waals surface area contributed by atoms with Crippen LogP contribution >= 0.6 is 0 Å². The van der Waals surface area contributed by atoms with Gasteiger partial charge in [-0.25, -0.2) is 13.6 Å². The fourth-order valence-corrected chi connectivity index (χ4v) is 4.08. The molecule has 0 radical (unpaired) electrons. The number of esters is 1. The third-order valence-corrected chi connectivity index (χ3v) is 5.74. The van der Waals surface area contributed by atoms with Crippen molar-refractivity contribution in [3.05, 3.63) is 82.4 Å². The van der Waals surface area contributed by atoms with Crippen molar-refractivity contribution in [1.82, 2.24) is 9.78 Å². The van der Waals surface area contributed by atoms with Crippen LogP contribution in [-0.4, -0.2) is 28.0 Å². The molecule has 0 saturated carbocycles. The minimum absolute atomic E-state index is 0.0351. The summed E-state index contributed by atoms with van der Waals surface area (Å²) in [5, 5.41) is 14.3. The molecule has 1 aromatic heterocycles. The fraction of sp³-hybridized carbons (Fsp3) is 0.200. The number of phenols is 1. The van der Waals surface area contributed by atoms with Gasteiger partial charge in [-0.05, 0) is 47.9 Å². The van der Waals surface area contributed by atoms with E-state index in [0.29, 0.717) is 12.0 Å². The topological polar surface area (TPSA) is 64.3 Å². The summed E-state index contributed by atoms with van der Waals surface area (Å²) in [5.74, 6) is -3.38. The molecule has 182 valence electrons. The van der Waals surface area contributed by atoms with Gasteiger partial charge in [0.2, 0.25) is 0 Å². The molecule has 0 amide bonds. The van der Waals surface area contributed by atoms with Crippen LogP contribution in [0.1, 0.15) is 34.0 Å². The van der Waals surface area contributed by atoms with E-state index in [4.69, 9.17) is 0 Å². The second-order valence-electron chi connectivity index (χ2n) is 7.78. The molecule has 3 aromatic carbocycles. The molecule has 0 bridgehead atoms. The highest BCUT2D eigenvalue weighted by Gasteiger charge is 2.34. The quantitative estimate of drug-likeness (QED) is 0.271. The molecule has 1 heterocycles. The second-order valence-corrected chi connectivity index (χ2v) is 7.78. The van der Waals surface area contributed by atoms with E-state index < -0.39 is 40.7 Å². The zero-order valence-electron chi connectivity index (χ0n) is 18.6. The van der Waals surface area contributed by atoms with Crippen molar-refractivity contribution in [3.8, 4) is 17.0 Å². The molecule has 35 heavy (non-hydrogen) atoms.